The van der Waals surface area contributed by atoms with Crippen molar-refractivity contribution in [2.24, 2.45) is 7.05 Å². The normalized spacial score (nSPS) is 18.7. The van der Waals surface area contributed by atoms with E-state index in [0.717, 1.165) is 16.9 Å². The van der Waals surface area contributed by atoms with Crippen LogP contribution in [-0.4, -0.2) is 64.6 Å². The van der Waals surface area contributed by atoms with E-state index in [-0.39, 0.29) is 12.1 Å². The molecule has 0 saturated carbocycles. The van der Waals surface area contributed by atoms with E-state index in [0.29, 0.717) is 60.7 Å². The summed E-state index contributed by atoms with van der Waals surface area (Å²) in [6.45, 7) is 3.92. The third-order valence-electron chi connectivity index (χ3n) is 7.94. The number of halogens is 1. The van der Waals surface area contributed by atoms with Gasteiger partial charge in [-0.2, -0.15) is 0 Å². The van der Waals surface area contributed by atoms with E-state index >= 15 is 0 Å². The smallest absolute Gasteiger partial charge is 0.298 e. The van der Waals surface area contributed by atoms with E-state index in [1.54, 1.807) is 23.7 Å². The number of hydrogen-bond acceptors (Lipinski definition) is 8. The summed E-state index contributed by atoms with van der Waals surface area (Å²) in [7, 11) is 1.78. The Morgan fingerprint density at radius 2 is 1.61 bits per heavy atom. The van der Waals surface area contributed by atoms with E-state index in [4.69, 9.17) is 9.47 Å². The predicted octanol–water partition coefficient (Wildman–Crippen LogP) is 3.60. The molecule has 7 rings (SSSR count). The molecule has 5 heterocycles. The number of rotatable bonds is 5. The largest absolute Gasteiger partial charge is 0.489 e. The predicted molar refractivity (Wildman–Crippen MR) is 150 cm³/mol. The summed E-state index contributed by atoms with van der Waals surface area (Å²) >= 11 is 0. The number of aromatic nitrogens is 3. The Kier molecular flexibility index (Phi) is 5.88. The summed E-state index contributed by atoms with van der Waals surface area (Å²) in [6, 6.07) is 14.9. The molecule has 0 bridgehead atoms. The van der Waals surface area contributed by atoms with E-state index in [1.807, 2.05) is 48.2 Å². The lowest BCUT2D eigenvalue weighted by Crippen LogP contribution is -2.65. The Hall–Kier alpha value is -4.93. The van der Waals surface area contributed by atoms with Crippen LogP contribution >= 0.6 is 0 Å². The highest BCUT2D eigenvalue weighted by Crippen LogP contribution is 2.48. The van der Waals surface area contributed by atoms with Crippen molar-refractivity contribution in [3.05, 3.63) is 78.1 Å². The number of nitrogens with one attached hydrogen (secondary N) is 1. The number of aryl methyl sites for hydroxylation is 1. The fourth-order valence-corrected chi connectivity index (χ4v) is 5.96. The van der Waals surface area contributed by atoms with Gasteiger partial charge in [0.25, 0.3) is 11.7 Å². The molecule has 41 heavy (non-hydrogen) atoms. The Labute approximate surface area is 235 Å². The molecule has 2 aromatic heterocycles. The molecule has 2 unspecified atom stereocenters. The molecule has 1 N–H and O–H groups in total. The fraction of sp³-hybridized carbons (Fsp3) is 0.267. The monoisotopic (exact) mass is 554 g/mol. The number of amides is 1. The molecule has 0 radical (unpaired) electrons. The third-order valence-corrected chi connectivity index (χ3v) is 7.94. The second-order valence-electron chi connectivity index (χ2n) is 10.5. The number of ketones is 1. The van der Waals surface area contributed by atoms with Crippen LogP contribution in [0.15, 0.2) is 60.9 Å². The number of nitrogens with zero attached hydrogens (tertiary/aromatic N) is 5. The molecule has 2 aromatic carbocycles. The van der Waals surface area contributed by atoms with E-state index in [9.17, 15) is 14.0 Å². The molecule has 1 amide bonds. The summed E-state index contributed by atoms with van der Waals surface area (Å²) in [5, 5.41) is 2.77. The first-order valence-electron chi connectivity index (χ1n) is 13.4. The van der Waals surface area contributed by atoms with Gasteiger partial charge in [-0.3, -0.25) is 9.59 Å². The minimum atomic E-state index is -0.745. The Bertz CT molecular complexity index is 1630. The van der Waals surface area contributed by atoms with Crippen molar-refractivity contribution < 1.29 is 23.5 Å². The van der Waals surface area contributed by atoms with Crippen LogP contribution in [0.3, 0.4) is 0 Å². The Balaban J connectivity index is 1.13. The maximum Gasteiger partial charge on any atom is 0.298 e. The van der Waals surface area contributed by atoms with Gasteiger partial charge in [-0.15, -0.1) is 0 Å². The summed E-state index contributed by atoms with van der Waals surface area (Å²) < 4.78 is 27.4. The van der Waals surface area contributed by atoms with Crippen LogP contribution in [0.1, 0.15) is 16.2 Å². The zero-order chi connectivity index (χ0) is 28.2. The SMILES string of the molecule is Cc1cc(-c2ccccc2)c(C(=O)C(=O)Nc2cc3c4c(c2)OCC2CN(c5ncc(F)cn5)CC(CO3)N42)n1C. The van der Waals surface area contributed by atoms with Gasteiger partial charge >= 0.3 is 0 Å². The molecular weight excluding hydrogens is 527 g/mol. The van der Waals surface area contributed by atoms with Gasteiger partial charge in [-0.05, 0) is 18.6 Å². The van der Waals surface area contributed by atoms with Gasteiger partial charge in [0.1, 0.15) is 36.1 Å². The molecule has 208 valence electrons. The number of piperazine rings is 1. The minimum absolute atomic E-state index is 0.0107. The molecular formula is C30H27FN6O4. The second-order valence-corrected chi connectivity index (χ2v) is 10.5. The Morgan fingerprint density at radius 1 is 0.976 bits per heavy atom. The summed E-state index contributed by atoms with van der Waals surface area (Å²) in [4.78, 5) is 39.3. The van der Waals surface area contributed by atoms with E-state index in [2.05, 4.69) is 20.2 Å². The standard InChI is InChI=1S/C30H27FN6O4/c1-17-8-23(18-6-4-3-5-7-18)26(35(17)2)28(38)29(39)34-20-9-24-27-25(10-20)41-16-22-14-36(13-21(15-40-24)37(22)27)30-32-11-19(31)12-33-30/h3-12,21-22H,13-16H2,1-2H3,(H,34,39). The topological polar surface area (TPSA) is 102 Å². The van der Waals surface area contributed by atoms with Crippen LogP contribution < -0.4 is 24.6 Å². The average molecular weight is 555 g/mol. The van der Waals surface area contributed by atoms with Gasteiger partial charge in [0.2, 0.25) is 5.95 Å². The lowest BCUT2D eigenvalue weighted by molar-refractivity contribution is -0.112. The third kappa shape index (κ3) is 4.24. The van der Waals surface area contributed by atoms with Crippen LogP contribution in [0.2, 0.25) is 0 Å². The van der Waals surface area contributed by atoms with Crippen molar-refractivity contribution in [3.63, 3.8) is 0 Å². The maximum atomic E-state index is 13.4. The molecule has 11 heteroatoms. The van der Waals surface area contributed by atoms with Gasteiger partial charge < -0.3 is 29.2 Å². The van der Waals surface area contributed by atoms with Crippen LogP contribution in [-0.2, 0) is 11.8 Å². The molecule has 4 aromatic rings. The summed E-state index contributed by atoms with van der Waals surface area (Å²) in [5.41, 5.74) is 4.01. The van der Waals surface area contributed by atoms with Crippen molar-refractivity contribution in [3.8, 4) is 22.6 Å². The Morgan fingerprint density at radius 3 is 2.24 bits per heavy atom. The fourth-order valence-electron chi connectivity index (χ4n) is 5.96. The molecule has 0 spiro atoms. The highest BCUT2D eigenvalue weighted by atomic mass is 19.1. The van der Waals surface area contributed by atoms with Crippen LogP contribution in [0.25, 0.3) is 11.1 Å². The van der Waals surface area contributed by atoms with Gasteiger partial charge in [0, 0.05) is 49.2 Å². The van der Waals surface area contributed by atoms with Crippen LogP contribution in [0.5, 0.6) is 11.5 Å². The summed E-state index contributed by atoms with van der Waals surface area (Å²) in [5.74, 6) is -0.227. The number of Topliss-reactive ketones (excluding diaryl/α,β-unsaturated/α-hetero) is 1. The number of hydrogen-bond donors (Lipinski definition) is 1. The van der Waals surface area contributed by atoms with Gasteiger partial charge in [0.15, 0.2) is 5.82 Å². The number of carbonyl (C=O) groups is 2. The van der Waals surface area contributed by atoms with Crippen molar-refractivity contribution in [1.82, 2.24) is 14.5 Å². The molecule has 10 nitrogen and oxygen atoms in total. The van der Waals surface area contributed by atoms with Crippen molar-refractivity contribution >= 4 is 29.0 Å². The first-order chi connectivity index (χ1) is 19.9. The summed E-state index contributed by atoms with van der Waals surface area (Å²) in [6.07, 6.45) is 2.33. The molecule has 3 aliphatic heterocycles. The number of anilines is 3. The van der Waals surface area contributed by atoms with Crippen LogP contribution in [0, 0.1) is 12.7 Å². The molecule has 2 atom stereocenters. The highest BCUT2D eigenvalue weighted by molar-refractivity contribution is 6.47. The zero-order valence-electron chi connectivity index (χ0n) is 22.5. The van der Waals surface area contributed by atoms with E-state index < -0.39 is 17.5 Å². The molecule has 1 fully saturated rings. The van der Waals surface area contributed by atoms with E-state index in [1.165, 1.54) is 12.4 Å². The van der Waals surface area contributed by atoms with Crippen molar-refractivity contribution in [2.75, 3.05) is 41.4 Å². The first kappa shape index (κ1) is 25.1. The van der Waals surface area contributed by atoms with Gasteiger partial charge in [-0.25, -0.2) is 14.4 Å². The lowest BCUT2D eigenvalue weighted by Gasteiger charge is -2.52. The molecule has 3 aliphatic rings. The quantitative estimate of drug-likeness (QED) is 0.295. The van der Waals surface area contributed by atoms with Crippen LogP contribution in [0.4, 0.5) is 21.7 Å². The lowest BCUT2D eigenvalue weighted by atomic mass is 10.0. The second kappa shape index (κ2) is 9.61. The zero-order valence-corrected chi connectivity index (χ0v) is 22.5. The first-order valence-corrected chi connectivity index (χ1v) is 13.4. The van der Waals surface area contributed by atoms with Gasteiger partial charge in [-0.1, -0.05) is 30.3 Å². The van der Waals surface area contributed by atoms with Crippen molar-refractivity contribution in [1.29, 1.82) is 0 Å². The molecule has 1 saturated heterocycles. The number of benzene rings is 2. The molecule has 0 aliphatic carbocycles. The number of ether oxygens (including phenoxy) is 2. The van der Waals surface area contributed by atoms with Crippen molar-refractivity contribution in [2.45, 2.75) is 19.0 Å². The van der Waals surface area contributed by atoms with Gasteiger partial charge in [0.05, 0.1) is 24.5 Å². The average Bonchev–Trinajstić information content (AvgIpc) is 3.29. The minimum Gasteiger partial charge on any atom is -0.489 e. The number of carbonyl (C=O) groups excluding carboxylic acids is 2. The maximum absolute atomic E-state index is 13.4. The highest BCUT2D eigenvalue weighted by Gasteiger charge is 2.44.